The lowest BCUT2D eigenvalue weighted by Crippen LogP contribution is -2.50. The van der Waals surface area contributed by atoms with Crippen molar-refractivity contribution in [2.24, 2.45) is 0 Å². The second-order valence-corrected chi connectivity index (χ2v) is 8.28. The molecule has 7 nitrogen and oxygen atoms in total. The lowest BCUT2D eigenvalue weighted by molar-refractivity contribution is 0.0794. The van der Waals surface area contributed by atoms with Gasteiger partial charge in [-0.05, 0) is 29.8 Å². The molecule has 0 fully saturated rings. The fourth-order valence-electron chi connectivity index (χ4n) is 4.04. The minimum Gasteiger partial charge on any atom is -0.472 e. The van der Waals surface area contributed by atoms with Gasteiger partial charge in [0.1, 0.15) is 39.3 Å². The van der Waals surface area contributed by atoms with Gasteiger partial charge in [0.15, 0.2) is 6.61 Å². The van der Waals surface area contributed by atoms with Gasteiger partial charge in [-0.3, -0.25) is 0 Å². The molecule has 1 aliphatic heterocycles. The summed E-state index contributed by atoms with van der Waals surface area (Å²) in [6.07, 6.45) is -1.95. The lowest BCUT2D eigenvalue weighted by Gasteiger charge is -2.43. The summed E-state index contributed by atoms with van der Waals surface area (Å²) in [5.74, 6) is 0.686. The third-order valence-corrected chi connectivity index (χ3v) is 5.94. The molecule has 0 amide bonds. The monoisotopic (exact) mass is 456 g/mol. The highest BCUT2D eigenvalue weighted by molar-refractivity contribution is 6.39. The van der Waals surface area contributed by atoms with E-state index in [4.69, 9.17) is 21.6 Å². The topological polar surface area (TPSA) is 97.9 Å². The largest absolute Gasteiger partial charge is 0.472 e. The Balaban J connectivity index is 1.92. The van der Waals surface area contributed by atoms with E-state index in [0.717, 1.165) is 16.7 Å². The van der Waals surface area contributed by atoms with Gasteiger partial charge in [0.2, 0.25) is 5.88 Å². The van der Waals surface area contributed by atoms with Crippen LogP contribution in [0.2, 0.25) is 5.15 Å². The molecule has 0 bridgehead atoms. The van der Waals surface area contributed by atoms with Crippen LogP contribution in [0.1, 0.15) is 27.9 Å². The molecular formula is C20H21B2ClF2N6O. The van der Waals surface area contributed by atoms with Crippen LogP contribution in [0.5, 0.6) is 5.88 Å². The molecule has 0 unspecified atom stereocenters. The van der Waals surface area contributed by atoms with Gasteiger partial charge >= 0.3 is 0 Å². The van der Waals surface area contributed by atoms with Crippen LogP contribution in [0.3, 0.4) is 0 Å². The number of alkyl halides is 2. The number of halogens is 3. The summed E-state index contributed by atoms with van der Waals surface area (Å²) in [4.78, 5) is 10.8. The van der Waals surface area contributed by atoms with Gasteiger partial charge in [0.05, 0.1) is 11.6 Å². The smallest absolute Gasteiger partial charge is 0.272 e. The number of aryl methyl sites for hydroxylation is 1. The lowest BCUT2D eigenvalue weighted by atomic mass is 9.56. The molecule has 32 heavy (non-hydrogen) atoms. The SMILES string of the molecule is BC(B)(c1ccc(OCC(F)F)nc1C)N1CCc2c(NCC#N)nc(Cl)c(C#N)c2C1. The molecule has 12 heteroatoms. The van der Waals surface area contributed by atoms with Crippen molar-refractivity contribution in [3.8, 4) is 18.0 Å². The zero-order valence-corrected chi connectivity index (χ0v) is 18.8. The number of nitrogens with zero attached hydrogens (tertiary/aromatic N) is 5. The van der Waals surface area contributed by atoms with Crippen LogP contribution in [0.15, 0.2) is 12.1 Å². The number of ether oxygens (including phenoxy) is 1. The van der Waals surface area contributed by atoms with E-state index >= 15 is 0 Å². The summed E-state index contributed by atoms with van der Waals surface area (Å²) < 4.78 is 29.9. The van der Waals surface area contributed by atoms with E-state index in [9.17, 15) is 14.0 Å². The summed E-state index contributed by atoms with van der Waals surface area (Å²) in [6.45, 7) is 2.33. The summed E-state index contributed by atoms with van der Waals surface area (Å²) in [7, 11) is 4.09. The molecule has 164 valence electrons. The number of hydrogen-bond acceptors (Lipinski definition) is 7. The minimum absolute atomic E-state index is 0.0850. The van der Waals surface area contributed by atoms with E-state index in [1.807, 2.05) is 34.8 Å². The van der Waals surface area contributed by atoms with Crippen molar-refractivity contribution in [2.45, 2.75) is 31.7 Å². The number of hydrogen-bond donors (Lipinski definition) is 1. The quantitative estimate of drug-likeness (QED) is 0.381. The number of nitrogens with one attached hydrogen (secondary N) is 1. The van der Waals surface area contributed by atoms with Crippen molar-refractivity contribution in [3.63, 3.8) is 0 Å². The number of anilines is 1. The molecule has 0 aromatic carbocycles. The van der Waals surface area contributed by atoms with Gasteiger partial charge in [-0.25, -0.2) is 18.7 Å². The maximum absolute atomic E-state index is 12.4. The van der Waals surface area contributed by atoms with Gasteiger partial charge < -0.3 is 15.0 Å². The van der Waals surface area contributed by atoms with Crippen LogP contribution in [-0.4, -0.2) is 56.7 Å². The third kappa shape index (κ3) is 4.79. The van der Waals surface area contributed by atoms with Crippen LogP contribution in [0, 0.1) is 29.6 Å². The number of rotatable bonds is 7. The van der Waals surface area contributed by atoms with E-state index in [-0.39, 0.29) is 17.6 Å². The molecule has 0 saturated carbocycles. The standard InChI is InChI=1S/C20H21B2ClF2N6O/c1-11-15(2-3-17(29-11)32-10-16(24)25)20(21,22)31-7-4-12-14(9-31)13(8-27)18(23)30-19(12)28-6-5-26/h2-3,16H,4,6-7,9-10,21-22H2,1H3,(H,28,30). The molecule has 0 atom stereocenters. The van der Waals surface area contributed by atoms with Crippen LogP contribution in [0.4, 0.5) is 14.6 Å². The predicted molar refractivity (Wildman–Crippen MR) is 121 cm³/mol. The Kier molecular flexibility index (Phi) is 7.22. The maximum Gasteiger partial charge on any atom is 0.272 e. The summed E-state index contributed by atoms with van der Waals surface area (Å²) in [6, 6.07) is 7.61. The first-order valence-electron chi connectivity index (χ1n) is 10.0. The summed E-state index contributed by atoms with van der Waals surface area (Å²) >= 11 is 6.27. The molecule has 0 spiro atoms. The molecule has 3 heterocycles. The van der Waals surface area contributed by atoms with Crippen LogP contribution in [-0.2, 0) is 18.3 Å². The Morgan fingerprint density at radius 3 is 2.69 bits per heavy atom. The van der Waals surface area contributed by atoms with Crippen molar-refractivity contribution in [1.82, 2.24) is 14.9 Å². The van der Waals surface area contributed by atoms with Gasteiger partial charge in [-0.15, -0.1) is 0 Å². The van der Waals surface area contributed by atoms with Crippen LogP contribution in [0.25, 0.3) is 0 Å². The fraction of sp³-hybridized carbons (Fsp3) is 0.400. The van der Waals surface area contributed by atoms with Crippen molar-refractivity contribution in [2.75, 3.05) is 25.0 Å². The first kappa shape index (κ1) is 23.8. The Labute approximate surface area is 192 Å². The Bertz CT molecular complexity index is 1100. The second kappa shape index (κ2) is 9.72. The Morgan fingerprint density at radius 1 is 1.31 bits per heavy atom. The highest BCUT2D eigenvalue weighted by Crippen LogP contribution is 2.36. The minimum atomic E-state index is -2.56. The average molecular weight is 457 g/mol. The second-order valence-electron chi connectivity index (χ2n) is 7.92. The Hall–Kier alpha value is -2.88. The molecule has 1 aliphatic rings. The molecule has 0 radical (unpaired) electrons. The molecule has 2 aromatic rings. The first-order valence-corrected chi connectivity index (χ1v) is 10.4. The molecule has 0 saturated heterocycles. The Morgan fingerprint density at radius 2 is 2.06 bits per heavy atom. The van der Waals surface area contributed by atoms with Gasteiger partial charge in [-0.1, -0.05) is 17.7 Å². The van der Waals surface area contributed by atoms with Gasteiger partial charge in [0, 0.05) is 30.4 Å². The van der Waals surface area contributed by atoms with Crippen LogP contribution < -0.4 is 10.1 Å². The number of fused-ring (bicyclic) bond motifs is 1. The van der Waals surface area contributed by atoms with Crippen molar-refractivity contribution in [1.29, 1.82) is 10.5 Å². The van der Waals surface area contributed by atoms with E-state index in [1.165, 1.54) is 0 Å². The van der Waals surface area contributed by atoms with Crippen molar-refractivity contribution in [3.05, 3.63) is 45.2 Å². The van der Waals surface area contributed by atoms with Gasteiger partial charge in [-0.2, -0.15) is 10.5 Å². The maximum atomic E-state index is 12.4. The predicted octanol–water partition coefficient (Wildman–Crippen LogP) is 1.32. The van der Waals surface area contributed by atoms with Crippen LogP contribution >= 0.6 is 11.6 Å². The number of aromatic nitrogens is 2. The summed E-state index contributed by atoms with van der Waals surface area (Å²) in [5, 5.41) is 21.2. The summed E-state index contributed by atoms with van der Waals surface area (Å²) in [5.41, 5.74) is 3.60. The molecular weight excluding hydrogens is 435 g/mol. The molecule has 2 aromatic heterocycles. The number of pyridine rings is 2. The number of nitriles is 2. The normalized spacial score (nSPS) is 13.8. The van der Waals surface area contributed by atoms with E-state index in [2.05, 4.69) is 26.3 Å². The highest BCUT2D eigenvalue weighted by Gasteiger charge is 2.35. The van der Waals surface area contributed by atoms with Crippen molar-refractivity contribution < 1.29 is 13.5 Å². The average Bonchev–Trinajstić information content (AvgIpc) is 2.75. The zero-order chi connectivity index (χ0) is 23.5. The zero-order valence-electron chi connectivity index (χ0n) is 18.0. The third-order valence-electron chi connectivity index (χ3n) is 5.66. The van der Waals surface area contributed by atoms with Crippen molar-refractivity contribution >= 4 is 33.1 Å². The molecule has 3 rings (SSSR count). The highest BCUT2D eigenvalue weighted by atomic mass is 35.5. The molecule has 0 aliphatic carbocycles. The molecule has 1 N–H and O–H groups in total. The van der Waals surface area contributed by atoms with Gasteiger partial charge in [0.25, 0.3) is 6.43 Å². The first-order chi connectivity index (χ1) is 15.2. The fourth-order valence-corrected chi connectivity index (χ4v) is 4.29. The van der Waals surface area contributed by atoms with E-state index in [1.54, 1.807) is 6.07 Å². The van der Waals surface area contributed by atoms with E-state index in [0.29, 0.717) is 36.6 Å². The van der Waals surface area contributed by atoms with E-state index < -0.39 is 18.4 Å².